The largest absolute Gasteiger partial charge is 0.462 e. The van der Waals surface area contributed by atoms with Crippen LogP contribution in [-0.2, 0) is 28.6 Å². The van der Waals surface area contributed by atoms with Gasteiger partial charge in [-0.1, -0.05) is 316 Å². The normalized spacial score (nSPS) is 12.8. The third-order valence-corrected chi connectivity index (χ3v) is 14.8. The first-order valence-electron chi connectivity index (χ1n) is 34.4. The van der Waals surface area contributed by atoms with Gasteiger partial charge in [0.25, 0.3) is 0 Å². The van der Waals surface area contributed by atoms with Gasteiger partial charge in [0.05, 0.1) is 0 Å². The van der Waals surface area contributed by atoms with Gasteiger partial charge in [0, 0.05) is 19.3 Å². The standard InChI is InChI=1S/C75H128O6/c1-4-7-10-13-15-17-19-21-23-25-27-29-31-33-34-35-36-37-38-39-40-42-43-45-47-49-51-53-55-57-59-62-65-68-74(77)80-71-72(70-79-73(76)67-64-61-12-9-6-3)81-75(78)69-66-63-60-58-56-54-52-50-48-46-44-41-32-30-28-26-24-22-20-18-16-14-11-8-5-2/h7-8,10-11,15-18,21-24,27-30,41,44,72H,4-6,9,12-14,19-20,25-26,31-40,42-43,45-71H2,1-3H3/b10-7-,11-8-,17-15-,18-16-,23-21-,24-22-,29-27-,30-28-,44-41-. The van der Waals surface area contributed by atoms with Crippen molar-refractivity contribution in [3.05, 3.63) is 109 Å². The predicted octanol–water partition coefficient (Wildman–Crippen LogP) is 23.8. The molecule has 0 aliphatic heterocycles. The lowest BCUT2D eigenvalue weighted by molar-refractivity contribution is -0.167. The summed E-state index contributed by atoms with van der Waals surface area (Å²) in [5, 5.41) is 0. The van der Waals surface area contributed by atoms with Crippen LogP contribution in [0.3, 0.4) is 0 Å². The van der Waals surface area contributed by atoms with Crippen LogP contribution in [-0.4, -0.2) is 37.2 Å². The van der Waals surface area contributed by atoms with Crippen molar-refractivity contribution in [3.63, 3.8) is 0 Å². The van der Waals surface area contributed by atoms with Gasteiger partial charge < -0.3 is 14.2 Å². The van der Waals surface area contributed by atoms with Crippen LogP contribution in [0.1, 0.15) is 329 Å². The highest BCUT2D eigenvalue weighted by atomic mass is 16.6. The quantitative estimate of drug-likeness (QED) is 0.0261. The Balaban J connectivity index is 3.97. The van der Waals surface area contributed by atoms with Crippen LogP contribution >= 0.6 is 0 Å². The summed E-state index contributed by atoms with van der Waals surface area (Å²) in [4.78, 5) is 38.0. The number of hydrogen-bond acceptors (Lipinski definition) is 6. The number of ether oxygens (including phenoxy) is 3. The Morgan fingerprint density at radius 3 is 0.753 bits per heavy atom. The second kappa shape index (κ2) is 68.6. The average molecular weight is 1130 g/mol. The molecule has 0 rings (SSSR count). The maximum Gasteiger partial charge on any atom is 0.306 e. The molecule has 1 unspecified atom stereocenters. The molecule has 81 heavy (non-hydrogen) atoms. The molecule has 0 radical (unpaired) electrons. The van der Waals surface area contributed by atoms with Gasteiger partial charge in [-0.15, -0.1) is 0 Å². The van der Waals surface area contributed by atoms with E-state index in [0.717, 1.165) is 128 Å². The topological polar surface area (TPSA) is 78.9 Å². The lowest BCUT2D eigenvalue weighted by atomic mass is 10.0. The monoisotopic (exact) mass is 1120 g/mol. The molecule has 6 heteroatoms. The zero-order valence-electron chi connectivity index (χ0n) is 53.3. The first-order valence-corrected chi connectivity index (χ1v) is 34.4. The van der Waals surface area contributed by atoms with Crippen LogP contribution in [0.4, 0.5) is 0 Å². The molecule has 6 nitrogen and oxygen atoms in total. The number of rotatable bonds is 62. The summed E-state index contributed by atoms with van der Waals surface area (Å²) in [6.07, 6.45) is 94.6. The van der Waals surface area contributed by atoms with Crippen LogP contribution in [0.5, 0.6) is 0 Å². The molecule has 1 atom stereocenters. The van der Waals surface area contributed by atoms with E-state index in [1.807, 2.05) is 0 Å². The van der Waals surface area contributed by atoms with E-state index in [9.17, 15) is 14.4 Å². The van der Waals surface area contributed by atoms with E-state index >= 15 is 0 Å². The summed E-state index contributed by atoms with van der Waals surface area (Å²) in [6, 6.07) is 0. The molecule has 0 aliphatic rings. The van der Waals surface area contributed by atoms with E-state index in [4.69, 9.17) is 14.2 Å². The van der Waals surface area contributed by atoms with E-state index in [0.29, 0.717) is 19.3 Å². The fourth-order valence-electron chi connectivity index (χ4n) is 9.70. The summed E-state index contributed by atoms with van der Waals surface area (Å²) in [7, 11) is 0. The highest BCUT2D eigenvalue weighted by Crippen LogP contribution is 2.17. The summed E-state index contributed by atoms with van der Waals surface area (Å²) in [5.41, 5.74) is 0. The highest BCUT2D eigenvalue weighted by Gasteiger charge is 2.19. The Morgan fingerprint density at radius 1 is 0.259 bits per heavy atom. The Hall–Kier alpha value is -3.93. The highest BCUT2D eigenvalue weighted by molar-refractivity contribution is 5.71. The van der Waals surface area contributed by atoms with Crippen molar-refractivity contribution >= 4 is 17.9 Å². The van der Waals surface area contributed by atoms with E-state index in [2.05, 4.69) is 130 Å². The average Bonchev–Trinajstić information content (AvgIpc) is 3.47. The van der Waals surface area contributed by atoms with E-state index in [-0.39, 0.29) is 31.1 Å². The number of carbonyl (C=O) groups is 3. The molecule has 0 heterocycles. The summed E-state index contributed by atoms with van der Waals surface area (Å²) < 4.78 is 16.8. The van der Waals surface area contributed by atoms with Crippen molar-refractivity contribution in [2.45, 2.75) is 335 Å². The number of allylic oxidation sites excluding steroid dienone is 18. The molecule has 0 aromatic carbocycles. The molecule has 0 fully saturated rings. The molecule has 0 saturated carbocycles. The molecular weight excluding hydrogens is 997 g/mol. The van der Waals surface area contributed by atoms with Crippen molar-refractivity contribution in [1.29, 1.82) is 0 Å². The third-order valence-electron chi connectivity index (χ3n) is 14.8. The second-order valence-electron chi connectivity index (χ2n) is 22.7. The summed E-state index contributed by atoms with van der Waals surface area (Å²) in [5.74, 6) is -0.886. The van der Waals surface area contributed by atoms with Gasteiger partial charge in [0.2, 0.25) is 0 Å². The zero-order chi connectivity index (χ0) is 58.5. The molecule has 0 aromatic rings. The summed E-state index contributed by atoms with van der Waals surface area (Å²) in [6.45, 7) is 6.35. The molecule has 0 saturated heterocycles. The van der Waals surface area contributed by atoms with Crippen molar-refractivity contribution in [2.24, 2.45) is 0 Å². The van der Waals surface area contributed by atoms with Gasteiger partial charge in [-0.2, -0.15) is 0 Å². The van der Waals surface area contributed by atoms with E-state index < -0.39 is 6.10 Å². The lowest BCUT2D eigenvalue weighted by Crippen LogP contribution is -2.30. The maximum atomic E-state index is 12.8. The fraction of sp³-hybridized carbons (Fsp3) is 0.720. The minimum Gasteiger partial charge on any atom is -0.462 e. The minimum atomic E-state index is -0.778. The number of esters is 3. The number of unbranched alkanes of at least 4 members (excludes halogenated alkanes) is 33. The molecule has 0 bridgehead atoms. The van der Waals surface area contributed by atoms with Gasteiger partial charge in [-0.05, 0) is 103 Å². The van der Waals surface area contributed by atoms with Crippen molar-refractivity contribution in [2.75, 3.05) is 13.2 Å². The molecule has 0 N–H and O–H groups in total. The van der Waals surface area contributed by atoms with E-state index in [1.54, 1.807) is 0 Å². The van der Waals surface area contributed by atoms with Gasteiger partial charge >= 0.3 is 17.9 Å². The van der Waals surface area contributed by atoms with Crippen LogP contribution in [0.2, 0.25) is 0 Å². The van der Waals surface area contributed by atoms with Crippen LogP contribution in [0.15, 0.2) is 109 Å². The minimum absolute atomic E-state index is 0.0774. The first kappa shape index (κ1) is 77.1. The second-order valence-corrected chi connectivity index (χ2v) is 22.7. The molecule has 464 valence electrons. The third kappa shape index (κ3) is 66.8. The fourth-order valence-corrected chi connectivity index (χ4v) is 9.70. The first-order chi connectivity index (χ1) is 40.0. The summed E-state index contributed by atoms with van der Waals surface area (Å²) >= 11 is 0. The van der Waals surface area contributed by atoms with Gasteiger partial charge in [-0.3, -0.25) is 14.4 Å². The van der Waals surface area contributed by atoms with Gasteiger partial charge in [-0.25, -0.2) is 0 Å². The molecular formula is C75H128O6. The Kier molecular flexibility index (Phi) is 65.2. The maximum absolute atomic E-state index is 12.8. The van der Waals surface area contributed by atoms with Crippen LogP contribution < -0.4 is 0 Å². The Labute approximate surface area is 501 Å². The number of carbonyl (C=O) groups excluding carboxylic acids is 3. The lowest BCUT2D eigenvalue weighted by Gasteiger charge is -2.18. The Bertz CT molecular complexity index is 1620. The molecule has 0 aromatic heterocycles. The van der Waals surface area contributed by atoms with Gasteiger partial charge in [0.1, 0.15) is 13.2 Å². The Morgan fingerprint density at radius 2 is 0.481 bits per heavy atom. The van der Waals surface area contributed by atoms with Gasteiger partial charge in [0.15, 0.2) is 6.10 Å². The van der Waals surface area contributed by atoms with E-state index in [1.165, 1.54) is 161 Å². The number of hydrogen-bond donors (Lipinski definition) is 0. The molecule has 0 aliphatic carbocycles. The SMILES string of the molecule is CC/C=C\C/C=C\C/C=C\C/C=C\C/C=C\CCCCCCCCCCCC(=O)OC(COC(=O)CCCCCCC)COC(=O)CCCCCCCCCCCCCCCCCCCCCC/C=C\C/C=C\C/C=C\C/C=C\CC. The van der Waals surface area contributed by atoms with Crippen LogP contribution in [0, 0.1) is 0 Å². The zero-order valence-corrected chi connectivity index (χ0v) is 53.3. The van der Waals surface area contributed by atoms with Crippen molar-refractivity contribution in [3.8, 4) is 0 Å². The predicted molar refractivity (Wildman–Crippen MR) is 353 cm³/mol. The van der Waals surface area contributed by atoms with Crippen molar-refractivity contribution < 1.29 is 28.6 Å². The van der Waals surface area contributed by atoms with Crippen molar-refractivity contribution in [1.82, 2.24) is 0 Å². The molecule has 0 spiro atoms. The molecule has 0 amide bonds. The smallest absolute Gasteiger partial charge is 0.306 e. The van der Waals surface area contributed by atoms with Crippen LogP contribution in [0.25, 0.3) is 0 Å².